The van der Waals surface area contributed by atoms with Crippen LogP contribution in [0.3, 0.4) is 0 Å². The molecule has 0 fully saturated rings. The monoisotopic (exact) mass is 301 g/mol. The molecule has 2 rings (SSSR count). The van der Waals surface area contributed by atoms with E-state index < -0.39 is 0 Å². The Bertz CT molecular complexity index is 569. The van der Waals surface area contributed by atoms with Gasteiger partial charge in [0.15, 0.2) is 0 Å². The molecule has 0 aliphatic heterocycles. The van der Waals surface area contributed by atoms with E-state index in [-0.39, 0.29) is 11.2 Å². The summed E-state index contributed by atoms with van der Waals surface area (Å²) < 4.78 is 5.11. The summed E-state index contributed by atoms with van der Waals surface area (Å²) in [5.74, 6) is 0.859. The number of benzene rings is 2. The highest BCUT2D eigenvalue weighted by atomic mass is 32.2. The molecule has 21 heavy (non-hydrogen) atoms. The first-order valence-electron chi connectivity index (χ1n) is 6.81. The summed E-state index contributed by atoms with van der Waals surface area (Å²) in [6.07, 6.45) is 0. The molecule has 0 bridgehead atoms. The Labute approximate surface area is 129 Å². The number of nitrogens with one attached hydrogen (secondary N) is 1. The van der Waals surface area contributed by atoms with Gasteiger partial charge in [-0.25, -0.2) is 0 Å². The van der Waals surface area contributed by atoms with Crippen LogP contribution in [0.5, 0.6) is 5.75 Å². The topological polar surface area (TPSA) is 38.3 Å². The molecule has 110 valence electrons. The van der Waals surface area contributed by atoms with Crippen molar-refractivity contribution in [1.29, 1.82) is 0 Å². The van der Waals surface area contributed by atoms with E-state index in [4.69, 9.17) is 4.74 Å². The van der Waals surface area contributed by atoms with E-state index in [0.717, 1.165) is 16.2 Å². The van der Waals surface area contributed by atoms with E-state index in [0.29, 0.717) is 6.54 Å². The van der Waals surface area contributed by atoms with Crippen LogP contribution >= 0.6 is 11.8 Å². The molecule has 2 aromatic rings. The fraction of sp³-hybridized carbons (Fsp3) is 0.235. The highest BCUT2D eigenvalue weighted by molar-refractivity contribution is 8.00. The molecule has 0 spiro atoms. The fourth-order valence-corrected chi connectivity index (χ4v) is 2.75. The highest BCUT2D eigenvalue weighted by Crippen LogP contribution is 2.22. The minimum absolute atomic E-state index is 0.0414. The van der Waals surface area contributed by atoms with Gasteiger partial charge in [0, 0.05) is 11.4 Å². The number of ether oxygens (including phenoxy) is 1. The van der Waals surface area contributed by atoms with Crippen molar-refractivity contribution in [3.8, 4) is 5.75 Å². The lowest BCUT2D eigenvalue weighted by Crippen LogP contribution is -2.30. The molecule has 0 saturated carbocycles. The molecule has 0 aliphatic rings. The largest absolute Gasteiger partial charge is 0.497 e. The van der Waals surface area contributed by atoms with Crippen molar-refractivity contribution in [3.63, 3.8) is 0 Å². The highest BCUT2D eigenvalue weighted by Gasteiger charge is 2.13. The van der Waals surface area contributed by atoms with E-state index >= 15 is 0 Å². The van der Waals surface area contributed by atoms with Crippen molar-refractivity contribution in [2.24, 2.45) is 0 Å². The number of hydrogen-bond acceptors (Lipinski definition) is 3. The first kappa shape index (κ1) is 15.4. The number of amides is 1. The lowest BCUT2D eigenvalue weighted by Gasteiger charge is -2.12. The molecular formula is C17H19NO2S. The SMILES string of the molecule is COc1ccc(CNC(=O)[C@@H](C)Sc2ccccc2)cc1. The second-order valence-corrected chi connectivity index (χ2v) is 6.05. The van der Waals surface area contributed by atoms with E-state index in [1.54, 1.807) is 18.9 Å². The lowest BCUT2D eigenvalue weighted by molar-refractivity contribution is -0.120. The summed E-state index contributed by atoms with van der Waals surface area (Å²) in [5, 5.41) is 2.84. The maximum atomic E-state index is 12.1. The summed E-state index contributed by atoms with van der Waals surface area (Å²) in [6.45, 7) is 2.45. The number of methoxy groups -OCH3 is 1. The van der Waals surface area contributed by atoms with Gasteiger partial charge in [-0.05, 0) is 36.8 Å². The van der Waals surface area contributed by atoms with Gasteiger partial charge in [0.25, 0.3) is 0 Å². The Morgan fingerprint density at radius 1 is 1.14 bits per heavy atom. The Hall–Kier alpha value is -1.94. The molecule has 0 saturated heterocycles. The molecule has 1 atom stereocenters. The average Bonchev–Trinajstić information content (AvgIpc) is 2.54. The van der Waals surface area contributed by atoms with Crippen LogP contribution in [0.4, 0.5) is 0 Å². The molecule has 1 N–H and O–H groups in total. The fourth-order valence-electron chi connectivity index (χ4n) is 1.83. The van der Waals surface area contributed by atoms with Crippen molar-refractivity contribution in [3.05, 3.63) is 60.2 Å². The number of carbonyl (C=O) groups is 1. The predicted molar refractivity (Wildman–Crippen MR) is 86.6 cm³/mol. The van der Waals surface area contributed by atoms with Crippen molar-refractivity contribution >= 4 is 17.7 Å². The third-order valence-corrected chi connectivity index (χ3v) is 4.16. The minimum atomic E-state index is -0.120. The number of carbonyl (C=O) groups excluding carboxylic acids is 1. The van der Waals surface area contributed by atoms with Gasteiger partial charge in [-0.15, -0.1) is 11.8 Å². The molecule has 2 aromatic carbocycles. The lowest BCUT2D eigenvalue weighted by atomic mass is 10.2. The van der Waals surface area contributed by atoms with Gasteiger partial charge in [0.05, 0.1) is 12.4 Å². The first-order valence-corrected chi connectivity index (χ1v) is 7.69. The standard InChI is InChI=1S/C17H19NO2S/c1-13(21-16-6-4-3-5-7-16)17(19)18-12-14-8-10-15(20-2)11-9-14/h3-11,13H,12H2,1-2H3,(H,18,19)/t13-/m1/s1. The Balaban J connectivity index is 1.83. The summed E-state index contributed by atoms with van der Waals surface area (Å²) in [4.78, 5) is 13.2. The molecule has 0 radical (unpaired) electrons. The summed E-state index contributed by atoms with van der Waals surface area (Å²) >= 11 is 1.56. The maximum absolute atomic E-state index is 12.1. The molecule has 0 heterocycles. The third-order valence-electron chi connectivity index (χ3n) is 3.05. The van der Waals surface area contributed by atoms with Gasteiger partial charge >= 0.3 is 0 Å². The zero-order valence-corrected chi connectivity index (χ0v) is 13.0. The van der Waals surface area contributed by atoms with Crippen molar-refractivity contribution in [1.82, 2.24) is 5.32 Å². The number of rotatable bonds is 6. The predicted octanol–water partition coefficient (Wildman–Crippen LogP) is 3.49. The van der Waals surface area contributed by atoms with E-state index in [2.05, 4.69) is 5.32 Å². The summed E-state index contributed by atoms with van der Waals surface area (Å²) in [7, 11) is 1.64. The van der Waals surface area contributed by atoms with E-state index in [9.17, 15) is 4.79 Å². The van der Waals surface area contributed by atoms with Gasteiger partial charge < -0.3 is 10.1 Å². The van der Waals surface area contributed by atoms with Crippen LogP contribution in [0, 0.1) is 0 Å². The van der Waals surface area contributed by atoms with Gasteiger partial charge in [-0.2, -0.15) is 0 Å². The van der Waals surface area contributed by atoms with E-state index in [1.165, 1.54) is 0 Å². The van der Waals surface area contributed by atoms with Crippen LogP contribution in [-0.2, 0) is 11.3 Å². The summed E-state index contributed by atoms with van der Waals surface area (Å²) in [5.41, 5.74) is 1.06. The zero-order valence-electron chi connectivity index (χ0n) is 12.2. The van der Waals surface area contributed by atoms with Crippen LogP contribution in [0.2, 0.25) is 0 Å². The molecule has 0 unspecified atom stereocenters. The van der Waals surface area contributed by atoms with Gasteiger partial charge in [0.1, 0.15) is 5.75 Å². The molecule has 0 aromatic heterocycles. The van der Waals surface area contributed by atoms with Gasteiger partial charge in [-0.3, -0.25) is 4.79 Å². The second-order valence-electron chi connectivity index (χ2n) is 4.64. The molecular weight excluding hydrogens is 282 g/mol. The quantitative estimate of drug-likeness (QED) is 0.830. The van der Waals surface area contributed by atoms with Crippen LogP contribution in [0.15, 0.2) is 59.5 Å². The summed E-state index contributed by atoms with van der Waals surface area (Å²) in [6, 6.07) is 17.6. The number of thioether (sulfide) groups is 1. The first-order chi connectivity index (χ1) is 10.2. The van der Waals surface area contributed by atoms with Crippen molar-refractivity contribution in [2.45, 2.75) is 23.6 Å². The maximum Gasteiger partial charge on any atom is 0.233 e. The van der Waals surface area contributed by atoms with Crippen LogP contribution in [0.25, 0.3) is 0 Å². The van der Waals surface area contributed by atoms with E-state index in [1.807, 2.05) is 61.5 Å². The van der Waals surface area contributed by atoms with Crippen molar-refractivity contribution in [2.75, 3.05) is 7.11 Å². The second kappa shape index (κ2) is 7.74. The normalized spacial score (nSPS) is 11.7. The molecule has 0 aliphatic carbocycles. The number of hydrogen-bond donors (Lipinski definition) is 1. The van der Waals surface area contributed by atoms with Gasteiger partial charge in [0.2, 0.25) is 5.91 Å². The molecule has 1 amide bonds. The minimum Gasteiger partial charge on any atom is -0.497 e. The Kier molecular flexibility index (Phi) is 5.69. The smallest absolute Gasteiger partial charge is 0.233 e. The Morgan fingerprint density at radius 3 is 2.43 bits per heavy atom. The van der Waals surface area contributed by atoms with Crippen LogP contribution < -0.4 is 10.1 Å². The van der Waals surface area contributed by atoms with Crippen LogP contribution in [0.1, 0.15) is 12.5 Å². The van der Waals surface area contributed by atoms with Crippen molar-refractivity contribution < 1.29 is 9.53 Å². The molecule has 3 nitrogen and oxygen atoms in total. The zero-order chi connectivity index (χ0) is 15.1. The van der Waals surface area contributed by atoms with Gasteiger partial charge in [-0.1, -0.05) is 30.3 Å². The molecule has 4 heteroatoms. The Morgan fingerprint density at radius 2 is 1.81 bits per heavy atom. The van der Waals surface area contributed by atoms with Crippen LogP contribution in [-0.4, -0.2) is 18.3 Å². The average molecular weight is 301 g/mol. The third kappa shape index (κ3) is 4.83.